The van der Waals surface area contributed by atoms with Gasteiger partial charge in [0.1, 0.15) is 5.82 Å². The number of rotatable bonds is 3. The summed E-state index contributed by atoms with van der Waals surface area (Å²) in [6.07, 6.45) is 3.22. The topological polar surface area (TPSA) is 47.2 Å². The molecule has 5 heteroatoms. The predicted octanol–water partition coefficient (Wildman–Crippen LogP) is 3.82. The molecule has 1 heterocycles. The molecule has 0 saturated heterocycles. The Hall–Kier alpha value is -2.72. The number of hydrogen-bond donors (Lipinski definition) is 0. The van der Waals surface area contributed by atoms with Crippen LogP contribution in [0.1, 0.15) is 11.4 Å². The molecule has 2 aromatic carbocycles. The summed E-state index contributed by atoms with van der Waals surface area (Å²) in [6, 6.07) is 16.8. The Bertz CT molecular complexity index is 959. The van der Waals surface area contributed by atoms with E-state index in [0.29, 0.717) is 21.8 Å². The van der Waals surface area contributed by atoms with E-state index in [2.05, 4.69) is 10.1 Å². The predicted molar refractivity (Wildman–Crippen MR) is 94.9 cm³/mol. The fourth-order valence-corrected chi connectivity index (χ4v) is 2.40. The second-order valence-corrected chi connectivity index (χ2v) is 5.41. The number of halogens is 1. The highest BCUT2D eigenvalue weighted by atomic mass is 35.5. The van der Waals surface area contributed by atoms with Gasteiger partial charge in [-0.05, 0) is 30.7 Å². The van der Waals surface area contributed by atoms with Gasteiger partial charge >= 0.3 is 0 Å². The van der Waals surface area contributed by atoms with Gasteiger partial charge in [0.2, 0.25) is 0 Å². The molecule has 0 amide bonds. The van der Waals surface area contributed by atoms with E-state index in [9.17, 15) is 4.79 Å². The second-order valence-electron chi connectivity index (χ2n) is 4.98. The van der Waals surface area contributed by atoms with Crippen LogP contribution in [0.15, 0.2) is 69.5 Å². The van der Waals surface area contributed by atoms with Gasteiger partial charge in [0.25, 0.3) is 5.56 Å². The van der Waals surface area contributed by atoms with Gasteiger partial charge in [-0.1, -0.05) is 54.1 Å². The minimum absolute atomic E-state index is 0.214. The molecular formula is C18H14ClN3O. The number of aromatic nitrogens is 2. The first-order valence-electron chi connectivity index (χ1n) is 7.10. The SMILES string of the molecule is Cc1nc2ccccc2c(=O)n1/N=C/C(Cl)=C/c1ccccc1. The van der Waals surface area contributed by atoms with Crippen LogP contribution in [0, 0.1) is 6.92 Å². The molecule has 0 unspecified atom stereocenters. The molecule has 1 aromatic heterocycles. The minimum atomic E-state index is -0.214. The minimum Gasteiger partial charge on any atom is -0.267 e. The van der Waals surface area contributed by atoms with Gasteiger partial charge in [-0.2, -0.15) is 9.78 Å². The van der Waals surface area contributed by atoms with Crippen molar-refractivity contribution in [1.29, 1.82) is 0 Å². The lowest BCUT2D eigenvalue weighted by molar-refractivity contribution is 0.771. The van der Waals surface area contributed by atoms with Gasteiger partial charge in [0, 0.05) is 0 Å². The summed E-state index contributed by atoms with van der Waals surface area (Å²) in [5, 5.41) is 5.12. The number of benzene rings is 2. The summed E-state index contributed by atoms with van der Waals surface area (Å²) in [5.41, 5.74) is 1.41. The van der Waals surface area contributed by atoms with E-state index in [-0.39, 0.29) is 5.56 Å². The molecule has 0 radical (unpaired) electrons. The standard InChI is InChI=1S/C18H14ClN3O/c1-13-21-17-10-6-5-9-16(17)18(23)22(13)20-12-15(19)11-14-7-3-2-4-8-14/h2-12H,1H3/b15-11-,20-12+. The number of allylic oxidation sites excluding steroid dienone is 1. The third-order valence-electron chi connectivity index (χ3n) is 3.32. The molecule has 0 N–H and O–H groups in total. The van der Waals surface area contributed by atoms with E-state index in [4.69, 9.17) is 11.6 Å². The Morgan fingerprint density at radius 1 is 1.13 bits per heavy atom. The van der Waals surface area contributed by atoms with E-state index in [1.807, 2.05) is 36.4 Å². The van der Waals surface area contributed by atoms with Crippen LogP contribution < -0.4 is 5.56 Å². The number of hydrogen-bond acceptors (Lipinski definition) is 3. The molecule has 0 saturated carbocycles. The van der Waals surface area contributed by atoms with Gasteiger partial charge in [-0.25, -0.2) is 4.98 Å². The maximum absolute atomic E-state index is 12.5. The van der Waals surface area contributed by atoms with Gasteiger partial charge in [0.05, 0.1) is 22.1 Å². The van der Waals surface area contributed by atoms with Crippen LogP contribution in [0.2, 0.25) is 0 Å². The maximum atomic E-state index is 12.5. The molecule has 0 fully saturated rings. The van der Waals surface area contributed by atoms with Crippen LogP contribution in [0.5, 0.6) is 0 Å². The van der Waals surface area contributed by atoms with E-state index >= 15 is 0 Å². The molecule has 3 aromatic rings. The zero-order valence-corrected chi connectivity index (χ0v) is 13.2. The first kappa shape index (κ1) is 15.2. The largest absolute Gasteiger partial charge is 0.282 e. The summed E-state index contributed by atoms with van der Waals surface area (Å²) >= 11 is 6.16. The zero-order valence-electron chi connectivity index (χ0n) is 12.5. The van der Waals surface area contributed by atoms with Gasteiger partial charge in [-0.3, -0.25) is 4.79 Å². The highest BCUT2D eigenvalue weighted by Crippen LogP contribution is 2.09. The molecule has 114 valence electrons. The van der Waals surface area contributed by atoms with Crippen molar-refractivity contribution < 1.29 is 0 Å². The monoisotopic (exact) mass is 323 g/mol. The Morgan fingerprint density at radius 2 is 1.83 bits per heavy atom. The van der Waals surface area contributed by atoms with Crippen molar-refractivity contribution in [2.45, 2.75) is 6.92 Å². The summed E-state index contributed by atoms with van der Waals surface area (Å²) < 4.78 is 1.25. The Kier molecular flexibility index (Phi) is 4.35. The third-order valence-corrected chi connectivity index (χ3v) is 3.52. The lowest BCUT2D eigenvalue weighted by atomic mass is 10.2. The first-order valence-corrected chi connectivity index (χ1v) is 7.48. The van der Waals surface area contributed by atoms with Crippen molar-refractivity contribution in [3.63, 3.8) is 0 Å². The second kappa shape index (κ2) is 6.58. The normalized spacial score (nSPS) is 12.2. The van der Waals surface area contributed by atoms with Crippen LogP contribution in [0.4, 0.5) is 0 Å². The number of nitrogens with zero attached hydrogens (tertiary/aromatic N) is 3. The Morgan fingerprint density at radius 3 is 2.61 bits per heavy atom. The average Bonchev–Trinajstić information content (AvgIpc) is 2.55. The molecule has 23 heavy (non-hydrogen) atoms. The average molecular weight is 324 g/mol. The van der Waals surface area contributed by atoms with Crippen molar-refractivity contribution in [3.05, 3.63) is 81.4 Å². The lowest BCUT2D eigenvalue weighted by Gasteiger charge is -2.04. The first-order chi connectivity index (χ1) is 11.1. The van der Waals surface area contributed by atoms with Crippen molar-refractivity contribution in [3.8, 4) is 0 Å². The molecule has 4 nitrogen and oxygen atoms in total. The maximum Gasteiger partial charge on any atom is 0.282 e. The number of fused-ring (bicyclic) bond motifs is 1. The van der Waals surface area contributed by atoms with E-state index in [0.717, 1.165) is 5.56 Å². The van der Waals surface area contributed by atoms with Crippen LogP contribution in [-0.2, 0) is 0 Å². The molecule has 0 bridgehead atoms. The highest BCUT2D eigenvalue weighted by Gasteiger charge is 2.06. The molecule has 0 aliphatic heterocycles. The molecule has 0 aliphatic carbocycles. The van der Waals surface area contributed by atoms with Gasteiger partial charge < -0.3 is 0 Å². The van der Waals surface area contributed by atoms with Crippen LogP contribution >= 0.6 is 11.6 Å². The number of aryl methyl sites for hydroxylation is 1. The quantitative estimate of drug-likeness (QED) is 0.688. The molecule has 0 aliphatic rings. The van der Waals surface area contributed by atoms with Gasteiger partial charge in [0.15, 0.2) is 0 Å². The molecule has 3 rings (SSSR count). The highest BCUT2D eigenvalue weighted by molar-refractivity contribution is 6.41. The lowest BCUT2D eigenvalue weighted by Crippen LogP contribution is -2.20. The molecular weight excluding hydrogens is 310 g/mol. The van der Waals surface area contributed by atoms with Gasteiger partial charge in [-0.15, -0.1) is 0 Å². The number of para-hydroxylation sites is 1. The van der Waals surface area contributed by atoms with E-state index in [1.165, 1.54) is 10.9 Å². The van der Waals surface area contributed by atoms with Crippen LogP contribution in [0.3, 0.4) is 0 Å². The van der Waals surface area contributed by atoms with Crippen molar-refractivity contribution in [2.75, 3.05) is 0 Å². The van der Waals surface area contributed by atoms with Crippen LogP contribution in [-0.4, -0.2) is 15.9 Å². The fraction of sp³-hybridized carbons (Fsp3) is 0.0556. The molecule has 0 atom stereocenters. The Balaban J connectivity index is 1.98. The molecule has 0 spiro atoms. The fourth-order valence-electron chi connectivity index (χ4n) is 2.23. The Labute approximate surface area is 138 Å². The summed E-state index contributed by atoms with van der Waals surface area (Å²) in [4.78, 5) is 16.9. The summed E-state index contributed by atoms with van der Waals surface area (Å²) in [5.74, 6) is 0.508. The summed E-state index contributed by atoms with van der Waals surface area (Å²) in [6.45, 7) is 1.74. The van der Waals surface area contributed by atoms with E-state index in [1.54, 1.807) is 31.2 Å². The van der Waals surface area contributed by atoms with Crippen LogP contribution in [0.25, 0.3) is 17.0 Å². The van der Waals surface area contributed by atoms with Crippen molar-refractivity contribution in [2.24, 2.45) is 5.10 Å². The van der Waals surface area contributed by atoms with Crippen molar-refractivity contribution in [1.82, 2.24) is 9.66 Å². The zero-order chi connectivity index (χ0) is 16.2. The van der Waals surface area contributed by atoms with E-state index < -0.39 is 0 Å². The summed E-state index contributed by atoms with van der Waals surface area (Å²) in [7, 11) is 0. The van der Waals surface area contributed by atoms with Crippen molar-refractivity contribution >= 4 is 34.8 Å². The smallest absolute Gasteiger partial charge is 0.267 e. The third kappa shape index (κ3) is 3.38.